The zero-order valence-electron chi connectivity index (χ0n) is 13.6. The van der Waals surface area contributed by atoms with Crippen molar-refractivity contribution in [3.63, 3.8) is 0 Å². The molecule has 0 aromatic carbocycles. The minimum atomic E-state index is 0.496. The van der Waals surface area contributed by atoms with E-state index >= 15 is 0 Å². The van der Waals surface area contributed by atoms with E-state index in [9.17, 15) is 0 Å². The Kier molecular flexibility index (Phi) is 4.62. The Morgan fingerprint density at radius 1 is 1.21 bits per heavy atom. The van der Waals surface area contributed by atoms with Crippen molar-refractivity contribution in [2.45, 2.75) is 66.3 Å². The predicted molar refractivity (Wildman–Crippen MR) is 81.3 cm³/mol. The molecular weight excluding hydrogens is 234 g/mol. The van der Waals surface area contributed by atoms with Crippen LogP contribution in [0.3, 0.4) is 0 Å². The van der Waals surface area contributed by atoms with E-state index in [-0.39, 0.29) is 0 Å². The summed E-state index contributed by atoms with van der Waals surface area (Å²) in [5.74, 6) is 1.68. The summed E-state index contributed by atoms with van der Waals surface area (Å²) in [7, 11) is 0. The highest BCUT2D eigenvalue weighted by Crippen LogP contribution is 2.65. The molecule has 1 N–H and O–H groups in total. The lowest BCUT2D eigenvalue weighted by Gasteiger charge is -2.39. The fourth-order valence-electron chi connectivity index (χ4n) is 4.24. The topological polar surface area (TPSA) is 21.3 Å². The highest BCUT2D eigenvalue weighted by Gasteiger charge is 2.60. The van der Waals surface area contributed by atoms with Crippen molar-refractivity contribution < 1.29 is 4.74 Å². The number of fused-ring (bicyclic) bond motifs is 2. The number of ether oxygens (including phenoxy) is 1. The number of rotatable bonds is 7. The Hall–Kier alpha value is -0.0800. The van der Waals surface area contributed by atoms with E-state index < -0.39 is 0 Å². The molecule has 2 aliphatic rings. The minimum Gasteiger partial charge on any atom is -0.380 e. The van der Waals surface area contributed by atoms with Crippen molar-refractivity contribution in [2.75, 3.05) is 19.8 Å². The van der Waals surface area contributed by atoms with Crippen LogP contribution >= 0.6 is 0 Å². The average Bonchev–Trinajstić information content (AvgIpc) is 2.66. The van der Waals surface area contributed by atoms with Gasteiger partial charge in [-0.15, -0.1) is 0 Å². The summed E-state index contributed by atoms with van der Waals surface area (Å²) in [5, 5.41) is 3.77. The third-order valence-corrected chi connectivity index (χ3v) is 6.27. The number of hydrogen-bond acceptors (Lipinski definition) is 2. The summed E-state index contributed by atoms with van der Waals surface area (Å²) < 4.78 is 5.71. The van der Waals surface area contributed by atoms with Gasteiger partial charge >= 0.3 is 0 Å². The summed E-state index contributed by atoms with van der Waals surface area (Å²) in [6, 6.07) is 0.704. The molecule has 0 spiro atoms. The van der Waals surface area contributed by atoms with Crippen LogP contribution in [0.25, 0.3) is 0 Å². The molecule has 2 rings (SSSR count). The molecule has 0 amide bonds. The first-order valence-corrected chi connectivity index (χ1v) is 8.19. The largest absolute Gasteiger partial charge is 0.380 e. The molecule has 2 nitrogen and oxygen atoms in total. The molecule has 0 aromatic rings. The SMILES string of the molecule is CC(C)CCOCCNC1CC2CCC1(C)C2(C)C. The molecule has 0 aliphatic heterocycles. The smallest absolute Gasteiger partial charge is 0.0591 e. The monoisotopic (exact) mass is 267 g/mol. The van der Waals surface area contributed by atoms with Crippen LogP contribution in [0.1, 0.15) is 60.3 Å². The van der Waals surface area contributed by atoms with E-state index in [0.717, 1.165) is 31.6 Å². The maximum absolute atomic E-state index is 5.71. The van der Waals surface area contributed by atoms with Crippen LogP contribution in [0.15, 0.2) is 0 Å². The summed E-state index contributed by atoms with van der Waals surface area (Å²) in [6.45, 7) is 14.7. The Morgan fingerprint density at radius 3 is 2.47 bits per heavy atom. The van der Waals surface area contributed by atoms with E-state index in [0.29, 0.717) is 16.9 Å². The molecule has 0 aromatic heterocycles. The molecule has 2 aliphatic carbocycles. The van der Waals surface area contributed by atoms with Gasteiger partial charge < -0.3 is 10.1 Å². The second kappa shape index (κ2) is 5.73. The molecule has 2 fully saturated rings. The fraction of sp³-hybridized carbons (Fsp3) is 1.00. The Labute approximate surface area is 119 Å². The lowest BCUT2D eigenvalue weighted by Crippen LogP contribution is -2.45. The first-order chi connectivity index (χ1) is 8.88. The third-order valence-electron chi connectivity index (χ3n) is 6.27. The Bertz CT molecular complexity index is 300. The van der Waals surface area contributed by atoms with Gasteiger partial charge in [-0.05, 0) is 48.3 Å². The minimum absolute atomic E-state index is 0.496. The lowest BCUT2D eigenvalue weighted by atomic mass is 9.69. The molecule has 2 heteroatoms. The van der Waals surface area contributed by atoms with Gasteiger partial charge in [0.1, 0.15) is 0 Å². The van der Waals surface area contributed by atoms with Gasteiger partial charge in [-0.1, -0.05) is 34.6 Å². The van der Waals surface area contributed by atoms with Crippen LogP contribution in [0.2, 0.25) is 0 Å². The van der Waals surface area contributed by atoms with E-state index in [1.807, 2.05) is 0 Å². The summed E-state index contributed by atoms with van der Waals surface area (Å²) in [5.41, 5.74) is 1.01. The third kappa shape index (κ3) is 2.85. The van der Waals surface area contributed by atoms with Crippen LogP contribution in [0.5, 0.6) is 0 Å². The van der Waals surface area contributed by atoms with Gasteiger partial charge in [0.25, 0.3) is 0 Å². The van der Waals surface area contributed by atoms with Crippen LogP contribution in [0.4, 0.5) is 0 Å². The zero-order valence-corrected chi connectivity index (χ0v) is 13.6. The second-order valence-electron chi connectivity index (χ2n) is 7.91. The molecule has 2 saturated carbocycles. The van der Waals surface area contributed by atoms with Crippen molar-refractivity contribution in [1.29, 1.82) is 0 Å². The lowest BCUT2D eigenvalue weighted by molar-refractivity contribution is 0.0988. The molecule has 19 heavy (non-hydrogen) atoms. The first kappa shape index (κ1) is 15.3. The average molecular weight is 267 g/mol. The molecular formula is C17H33NO. The first-order valence-electron chi connectivity index (χ1n) is 8.19. The summed E-state index contributed by atoms with van der Waals surface area (Å²) >= 11 is 0. The second-order valence-corrected chi connectivity index (χ2v) is 7.91. The summed E-state index contributed by atoms with van der Waals surface area (Å²) in [4.78, 5) is 0. The Morgan fingerprint density at radius 2 is 1.95 bits per heavy atom. The van der Waals surface area contributed by atoms with E-state index in [1.165, 1.54) is 25.7 Å². The van der Waals surface area contributed by atoms with Gasteiger partial charge in [-0.25, -0.2) is 0 Å². The van der Waals surface area contributed by atoms with Crippen molar-refractivity contribution in [3.8, 4) is 0 Å². The summed E-state index contributed by atoms with van der Waals surface area (Å²) in [6.07, 6.45) is 5.38. The molecule has 0 radical (unpaired) electrons. The molecule has 2 bridgehead atoms. The highest BCUT2D eigenvalue weighted by atomic mass is 16.5. The van der Waals surface area contributed by atoms with Gasteiger partial charge in [0.05, 0.1) is 6.61 Å². The molecule has 3 atom stereocenters. The van der Waals surface area contributed by atoms with Crippen molar-refractivity contribution in [3.05, 3.63) is 0 Å². The predicted octanol–water partition coefficient (Wildman–Crippen LogP) is 3.85. The van der Waals surface area contributed by atoms with Gasteiger partial charge in [0.15, 0.2) is 0 Å². The van der Waals surface area contributed by atoms with Crippen LogP contribution < -0.4 is 5.32 Å². The standard InChI is InChI=1S/C17H33NO/c1-13(2)7-10-19-11-9-18-15-12-14-6-8-17(15,5)16(14,3)4/h13-15,18H,6-12H2,1-5H3. The van der Waals surface area contributed by atoms with Gasteiger partial charge in [-0.2, -0.15) is 0 Å². The quantitative estimate of drug-likeness (QED) is 0.707. The van der Waals surface area contributed by atoms with Crippen LogP contribution in [-0.4, -0.2) is 25.8 Å². The number of nitrogens with one attached hydrogen (secondary N) is 1. The van der Waals surface area contributed by atoms with Crippen molar-refractivity contribution in [2.24, 2.45) is 22.7 Å². The fourth-order valence-corrected chi connectivity index (χ4v) is 4.24. The molecule has 0 heterocycles. The highest BCUT2D eigenvalue weighted by molar-refractivity contribution is 5.12. The van der Waals surface area contributed by atoms with Crippen LogP contribution in [0, 0.1) is 22.7 Å². The van der Waals surface area contributed by atoms with Crippen molar-refractivity contribution >= 4 is 0 Å². The molecule has 112 valence electrons. The zero-order chi connectivity index (χ0) is 14.1. The molecule has 3 unspecified atom stereocenters. The van der Waals surface area contributed by atoms with E-state index in [1.54, 1.807) is 0 Å². The molecule has 0 saturated heterocycles. The van der Waals surface area contributed by atoms with Crippen LogP contribution in [-0.2, 0) is 4.74 Å². The van der Waals surface area contributed by atoms with Gasteiger partial charge in [-0.3, -0.25) is 0 Å². The van der Waals surface area contributed by atoms with Gasteiger partial charge in [0.2, 0.25) is 0 Å². The van der Waals surface area contributed by atoms with E-state index in [2.05, 4.69) is 39.9 Å². The van der Waals surface area contributed by atoms with Crippen molar-refractivity contribution in [1.82, 2.24) is 5.32 Å². The number of hydrogen-bond donors (Lipinski definition) is 1. The normalized spacial score (nSPS) is 36.3. The van der Waals surface area contributed by atoms with Gasteiger partial charge in [0, 0.05) is 19.2 Å². The maximum Gasteiger partial charge on any atom is 0.0591 e. The van der Waals surface area contributed by atoms with E-state index in [4.69, 9.17) is 4.74 Å². The maximum atomic E-state index is 5.71. The Balaban J connectivity index is 1.68.